The number of esters is 1. The Morgan fingerprint density at radius 2 is 1.87 bits per heavy atom. The minimum atomic E-state index is -4.49. The Morgan fingerprint density at radius 3 is 2.55 bits per heavy atom. The summed E-state index contributed by atoms with van der Waals surface area (Å²) in [6.45, 7) is 3.52. The molecule has 0 spiro atoms. The van der Waals surface area contributed by atoms with Crippen LogP contribution >= 0.6 is 0 Å². The van der Waals surface area contributed by atoms with Gasteiger partial charge in [-0.05, 0) is 63.4 Å². The van der Waals surface area contributed by atoms with Crippen LogP contribution < -0.4 is 5.32 Å². The number of hydrogen-bond acceptors (Lipinski definition) is 5. The van der Waals surface area contributed by atoms with Gasteiger partial charge < -0.3 is 15.0 Å². The number of ether oxygens (including phenoxy) is 1. The first-order valence-corrected chi connectivity index (χ1v) is 10.0. The number of benzene rings is 1. The van der Waals surface area contributed by atoms with Crippen molar-refractivity contribution >= 4 is 23.4 Å². The molecule has 1 aromatic heterocycles. The quantitative estimate of drug-likeness (QED) is 0.684. The van der Waals surface area contributed by atoms with Gasteiger partial charge in [0, 0.05) is 24.0 Å². The van der Waals surface area contributed by atoms with Crippen LogP contribution in [0.3, 0.4) is 0 Å². The minimum absolute atomic E-state index is 0.0208. The Kier molecular flexibility index (Phi) is 6.82. The molecule has 2 heterocycles. The highest BCUT2D eigenvalue weighted by Gasteiger charge is 2.31. The average Bonchev–Trinajstić information content (AvgIpc) is 2.72. The van der Waals surface area contributed by atoms with Crippen LogP contribution in [-0.2, 0) is 15.7 Å². The van der Waals surface area contributed by atoms with Crippen molar-refractivity contribution in [1.82, 2.24) is 9.88 Å². The van der Waals surface area contributed by atoms with E-state index < -0.39 is 24.3 Å². The monoisotopic (exact) mass is 435 g/mol. The molecular formula is C22H24F3N3O3. The van der Waals surface area contributed by atoms with Gasteiger partial charge in [0.2, 0.25) is 0 Å². The Balaban J connectivity index is 1.70. The first-order chi connectivity index (χ1) is 14.7. The number of hydrogen-bond donors (Lipinski definition) is 1. The molecule has 31 heavy (non-hydrogen) atoms. The van der Waals surface area contributed by atoms with Crippen molar-refractivity contribution < 1.29 is 27.5 Å². The fourth-order valence-electron chi connectivity index (χ4n) is 3.77. The molecule has 1 fully saturated rings. The van der Waals surface area contributed by atoms with Crippen LogP contribution in [0.25, 0.3) is 0 Å². The molecule has 0 unspecified atom stereocenters. The number of anilines is 2. The van der Waals surface area contributed by atoms with Crippen molar-refractivity contribution in [2.24, 2.45) is 0 Å². The smallest absolute Gasteiger partial charge is 0.416 e. The zero-order chi connectivity index (χ0) is 22.6. The van der Waals surface area contributed by atoms with Crippen LogP contribution in [0.2, 0.25) is 0 Å². The van der Waals surface area contributed by atoms with E-state index in [1.54, 1.807) is 4.90 Å². The van der Waals surface area contributed by atoms with E-state index in [4.69, 9.17) is 4.74 Å². The molecule has 1 aliphatic rings. The molecule has 3 rings (SSSR count). The standard InChI is InChI=1S/C22H24F3N3O3/c1-14-6-3-7-15(2)28(14)19(29)13-31-21(30)18-10-5-11-26-20(18)27-17-9-4-8-16(12-17)22(23,24)25/h4-5,8-12,14-15H,3,6-7,13H2,1-2H3,(H,26,27)/t14-,15+. The van der Waals surface area contributed by atoms with Crippen molar-refractivity contribution in [2.75, 3.05) is 11.9 Å². The van der Waals surface area contributed by atoms with Gasteiger partial charge in [-0.2, -0.15) is 13.2 Å². The fourth-order valence-corrected chi connectivity index (χ4v) is 3.77. The normalized spacial score (nSPS) is 19.1. The molecule has 2 atom stereocenters. The summed E-state index contributed by atoms with van der Waals surface area (Å²) in [7, 11) is 0. The third-order valence-electron chi connectivity index (χ3n) is 5.29. The van der Waals surface area contributed by atoms with Gasteiger partial charge in [-0.25, -0.2) is 9.78 Å². The zero-order valence-corrected chi connectivity index (χ0v) is 17.3. The molecule has 166 valence electrons. The number of carbonyl (C=O) groups excluding carboxylic acids is 2. The summed E-state index contributed by atoms with van der Waals surface area (Å²) >= 11 is 0. The van der Waals surface area contributed by atoms with Crippen LogP contribution in [0.1, 0.15) is 49.0 Å². The van der Waals surface area contributed by atoms with Crippen molar-refractivity contribution in [3.8, 4) is 0 Å². The van der Waals surface area contributed by atoms with Gasteiger partial charge >= 0.3 is 12.1 Å². The number of piperidine rings is 1. The maximum atomic E-state index is 12.9. The molecule has 0 aliphatic carbocycles. The molecule has 2 aromatic rings. The summed E-state index contributed by atoms with van der Waals surface area (Å²) in [5, 5.41) is 2.72. The second-order valence-electron chi connectivity index (χ2n) is 7.61. The molecular weight excluding hydrogens is 411 g/mol. The highest BCUT2D eigenvalue weighted by Crippen LogP contribution is 2.31. The van der Waals surface area contributed by atoms with Crippen molar-refractivity contribution in [3.63, 3.8) is 0 Å². The highest BCUT2D eigenvalue weighted by molar-refractivity contribution is 5.96. The van der Waals surface area contributed by atoms with E-state index >= 15 is 0 Å². The molecule has 1 aromatic carbocycles. The predicted octanol–water partition coefficient (Wildman–Crippen LogP) is 4.79. The second kappa shape index (κ2) is 9.36. The van der Waals surface area contributed by atoms with E-state index in [1.807, 2.05) is 13.8 Å². The zero-order valence-electron chi connectivity index (χ0n) is 17.3. The van der Waals surface area contributed by atoms with Crippen LogP contribution in [-0.4, -0.2) is 40.5 Å². The van der Waals surface area contributed by atoms with Crippen molar-refractivity contribution in [3.05, 3.63) is 53.7 Å². The van der Waals surface area contributed by atoms with Crippen molar-refractivity contribution in [1.29, 1.82) is 0 Å². The number of carbonyl (C=O) groups is 2. The van der Waals surface area contributed by atoms with E-state index in [1.165, 1.54) is 30.5 Å². The van der Waals surface area contributed by atoms with E-state index in [9.17, 15) is 22.8 Å². The number of nitrogens with one attached hydrogen (secondary N) is 1. The van der Waals surface area contributed by atoms with Crippen LogP contribution in [0, 0.1) is 0 Å². The molecule has 1 amide bonds. The summed E-state index contributed by atoms with van der Waals surface area (Å²) in [4.78, 5) is 30.9. The van der Waals surface area contributed by atoms with Gasteiger partial charge in [-0.1, -0.05) is 6.07 Å². The number of rotatable bonds is 5. The summed E-state index contributed by atoms with van der Waals surface area (Å²) in [5.41, 5.74) is -0.685. The number of pyridine rings is 1. The molecule has 1 aliphatic heterocycles. The third kappa shape index (κ3) is 5.53. The Labute approximate surface area is 178 Å². The topological polar surface area (TPSA) is 71.5 Å². The highest BCUT2D eigenvalue weighted by atomic mass is 19.4. The number of halogens is 3. The van der Waals surface area contributed by atoms with Gasteiger partial charge in [-0.15, -0.1) is 0 Å². The third-order valence-corrected chi connectivity index (χ3v) is 5.29. The van der Waals surface area contributed by atoms with Crippen LogP contribution in [0.15, 0.2) is 42.6 Å². The Hall–Kier alpha value is -3.10. The lowest BCUT2D eigenvalue weighted by Crippen LogP contribution is -2.49. The largest absolute Gasteiger partial charge is 0.452 e. The molecule has 0 radical (unpaired) electrons. The SMILES string of the molecule is C[C@@H]1CCC[C@H](C)N1C(=O)COC(=O)c1cccnc1Nc1cccc(C(F)(F)F)c1. The van der Waals surface area contributed by atoms with Gasteiger partial charge in [0.1, 0.15) is 11.4 Å². The summed E-state index contributed by atoms with van der Waals surface area (Å²) in [6.07, 6.45) is -0.247. The van der Waals surface area contributed by atoms with Gasteiger partial charge in [-0.3, -0.25) is 4.79 Å². The molecule has 1 N–H and O–H groups in total. The maximum Gasteiger partial charge on any atom is 0.416 e. The first kappa shape index (κ1) is 22.6. The van der Waals surface area contributed by atoms with Crippen LogP contribution in [0.5, 0.6) is 0 Å². The number of nitrogens with zero attached hydrogens (tertiary/aromatic N) is 2. The molecule has 1 saturated heterocycles. The summed E-state index contributed by atoms with van der Waals surface area (Å²) in [5.74, 6) is -1.02. The fraction of sp³-hybridized carbons (Fsp3) is 0.409. The first-order valence-electron chi connectivity index (χ1n) is 10.0. The molecule has 9 heteroatoms. The molecule has 0 bridgehead atoms. The van der Waals surface area contributed by atoms with Gasteiger partial charge in [0.05, 0.1) is 5.56 Å². The van der Waals surface area contributed by atoms with E-state index in [0.717, 1.165) is 31.4 Å². The van der Waals surface area contributed by atoms with Crippen molar-refractivity contribution in [2.45, 2.75) is 51.4 Å². The van der Waals surface area contributed by atoms with E-state index in [0.29, 0.717) is 0 Å². The molecule has 6 nitrogen and oxygen atoms in total. The number of likely N-dealkylation sites (tertiary alicyclic amines) is 1. The lowest BCUT2D eigenvalue weighted by Gasteiger charge is -2.38. The second-order valence-corrected chi connectivity index (χ2v) is 7.61. The number of amides is 1. The lowest BCUT2D eigenvalue weighted by molar-refractivity contribution is -0.140. The summed E-state index contributed by atoms with van der Waals surface area (Å²) in [6, 6.07) is 7.65. The van der Waals surface area contributed by atoms with Gasteiger partial charge in [0.25, 0.3) is 5.91 Å². The van der Waals surface area contributed by atoms with Gasteiger partial charge in [0.15, 0.2) is 6.61 Å². The number of aromatic nitrogens is 1. The number of alkyl halides is 3. The lowest BCUT2D eigenvalue weighted by atomic mass is 9.97. The Bertz CT molecular complexity index is 939. The average molecular weight is 435 g/mol. The summed E-state index contributed by atoms with van der Waals surface area (Å²) < 4.78 is 44.0. The minimum Gasteiger partial charge on any atom is -0.452 e. The van der Waals surface area contributed by atoms with E-state index in [-0.39, 0.29) is 35.1 Å². The predicted molar refractivity (Wildman–Crippen MR) is 109 cm³/mol. The van der Waals surface area contributed by atoms with E-state index in [2.05, 4.69) is 10.3 Å². The molecule has 0 saturated carbocycles. The maximum absolute atomic E-state index is 12.9. The Morgan fingerprint density at radius 1 is 1.16 bits per heavy atom. The van der Waals surface area contributed by atoms with Crippen LogP contribution in [0.4, 0.5) is 24.7 Å².